The van der Waals surface area contributed by atoms with E-state index in [9.17, 15) is 0 Å². The molecule has 1 rings (SSSR count). The molecule has 0 saturated carbocycles. The third-order valence-corrected chi connectivity index (χ3v) is 2.54. The first-order valence-corrected chi connectivity index (χ1v) is 5.40. The molecule has 1 heterocycles. The average molecular weight is 195 g/mol. The van der Waals surface area contributed by atoms with E-state index in [4.69, 9.17) is 0 Å². The summed E-state index contributed by atoms with van der Waals surface area (Å²) in [6.07, 6.45) is 2.24. The molecule has 1 aromatic rings. The maximum atomic E-state index is 4.35. The molecule has 0 bridgehead atoms. The summed E-state index contributed by atoms with van der Waals surface area (Å²) in [5, 5.41) is 7.82. The van der Waals surface area contributed by atoms with E-state index in [-0.39, 0.29) is 0 Å². The van der Waals surface area contributed by atoms with Crippen LogP contribution >= 0.6 is 0 Å². The number of hydrogen-bond acceptors (Lipinski definition) is 2. The van der Waals surface area contributed by atoms with Crippen molar-refractivity contribution in [3.05, 3.63) is 17.5 Å². The smallest absolute Gasteiger partial charge is 0.0596 e. The summed E-state index contributed by atoms with van der Waals surface area (Å²) in [7, 11) is 2.01. The Morgan fingerprint density at radius 1 is 1.50 bits per heavy atom. The number of likely N-dealkylation sites (N-methyl/N-ethyl adjacent to an activating group) is 1. The van der Waals surface area contributed by atoms with Gasteiger partial charge in [0, 0.05) is 25.2 Å². The van der Waals surface area contributed by atoms with Crippen molar-refractivity contribution in [1.29, 1.82) is 0 Å². The zero-order chi connectivity index (χ0) is 10.6. The highest BCUT2D eigenvalue weighted by Gasteiger charge is 2.09. The zero-order valence-corrected chi connectivity index (χ0v) is 9.67. The van der Waals surface area contributed by atoms with Crippen LogP contribution in [0.25, 0.3) is 0 Å². The van der Waals surface area contributed by atoms with E-state index in [1.165, 1.54) is 5.69 Å². The minimum atomic E-state index is 0.579. The summed E-state index contributed by atoms with van der Waals surface area (Å²) < 4.78 is 1.98. The average Bonchev–Trinajstić information content (AvgIpc) is 2.44. The lowest BCUT2D eigenvalue weighted by Gasteiger charge is -2.15. The molecule has 80 valence electrons. The van der Waals surface area contributed by atoms with Crippen LogP contribution in [0.5, 0.6) is 0 Å². The second-order valence-corrected chi connectivity index (χ2v) is 3.77. The van der Waals surface area contributed by atoms with Gasteiger partial charge in [-0.15, -0.1) is 0 Å². The maximum absolute atomic E-state index is 4.35. The fourth-order valence-corrected chi connectivity index (χ4v) is 1.76. The fraction of sp³-hybridized carbons (Fsp3) is 0.727. The number of nitrogens with one attached hydrogen (secondary N) is 1. The Bertz CT molecular complexity index is 278. The molecule has 0 aliphatic heterocycles. The Labute approximate surface area is 86.5 Å². The van der Waals surface area contributed by atoms with Gasteiger partial charge in [-0.05, 0) is 26.0 Å². The molecule has 1 N–H and O–H groups in total. The molecule has 0 aliphatic carbocycles. The van der Waals surface area contributed by atoms with Crippen molar-refractivity contribution in [3.8, 4) is 0 Å². The zero-order valence-electron chi connectivity index (χ0n) is 9.67. The molecule has 0 amide bonds. The van der Waals surface area contributed by atoms with E-state index in [0.29, 0.717) is 6.04 Å². The van der Waals surface area contributed by atoms with Gasteiger partial charge >= 0.3 is 0 Å². The molecular weight excluding hydrogens is 174 g/mol. The second kappa shape index (κ2) is 5.15. The lowest BCUT2D eigenvalue weighted by Crippen LogP contribution is -2.30. The summed E-state index contributed by atoms with van der Waals surface area (Å²) >= 11 is 0. The molecular formula is C11H21N3. The van der Waals surface area contributed by atoms with E-state index < -0.39 is 0 Å². The Balaban J connectivity index is 2.61. The van der Waals surface area contributed by atoms with Gasteiger partial charge in [-0.1, -0.05) is 13.8 Å². The van der Waals surface area contributed by atoms with Crippen molar-refractivity contribution >= 4 is 0 Å². The Hall–Kier alpha value is -0.830. The van der Waals surface area contributed by atoms with Crippen LogP contribution in [-0.4, -0.2) is 22.4 Å². The van der Waals surface area contributed by atoms with Gasteiger partial charge in [-0.25, -0.2) is 0 Å². The first-order chi connectivity index (χ1) is 6.67. The predicted octanol–water partition coefficient (Wildman–Crippen LogP) is 1.66. The molecule has 0 radical (unpaired) electrons. The molecule has 0 saturated heterocycles. The normalized spacial score (nSPS) is 13.1. The number of aromatic nitrogens is 2. The first kappa shape index (κ1) is 11.2. The molecule has 1 unspecified atom stereocenters. The molecule has 0 aromatic carbocycles. The van der Waals surface area contributed by atoms with Crippen LogP contribution in [0, 0.1) is 6.92 Å². The van der Waals surface area contributed by atoms with Gasteiger partial charge in [0.25, 0.3) is 0 Å². The van der Waals surface area contributed by atoms with E-state index in [1.54, 1.807) is 0 Å². The summed E-state index contributed by atoms with van der Waals surface area (Å²) in [5.74, 6) is 0. The van der Waals surface area contributed by atoms with E-state index >= 15 is 0 Å². The van der Waals surface area contributed by atoms with Crippen LogP contribution in [-0.2, 0) is 13.5 Å². The van der Waals surface area contributed by atoms with Gasteiger partial charge in [0.15, 0.2) is 0 Å². The molecule has 0 aliphatic rings. The minimum absolute atomic E-state index is 0.579. The third kappa shape index (κ3) is 2.84. The van der Waals surface area contributed by atoms with E-state index in [1.807, 2.05) is 18.7 Å². The Morgan fingerprint density at radius 2 is 2.21 bits per heavy atom. The van der Waals surface area contributed by atoms with Crippen molar-refractivity contribution in [2.24, 2.45) is 7.05 Å². The molecule has 14 heavy (non-hydrogen) atoms. The summed E-state index contributed by atoms with van der Waals surface area (Å²) in [6.45, 7) is 7.45. The predicted molar refractivity (Wildman–Crippen MR) is 59.4 cm³/mol. The molecule has 0 spiro atoms. The Kier molecular flexibility index (Phi) is 4.14. The van der Waals surface area contributed by atoms with Crippen LogP contribution in [0.3, 0.4) is 0 Å². The van der Waals surface area contributed by atoms with Gasteiger partial charge in [-0.2, -0.15) is 5.10 Å². The number of nitrogens with zero attached hydrogens (tertiary/aromatic N) is 2. The van der Waals surface area contributed by atoms with Crippen molar-refractivity contribution in [1.82, 2.24) is 15.1 Å². The quantitative estimate of drug-likeness (QED) is 0.774. The molecule has 3 nitrogen and oxygen atoms in total. The summed E-state index contributed by atoms with van der Waals surface area (Å²) in [4.78, 5) is 0. The van der Waals surface area contributed by atoms with Gasteiger partial charge in [0.05, 0.1) is 5.69 Å². The summed E-state index contributed by atoms with van der Waals surface area (Å²) in [5.41, 5.74) is 2.42. The van der Waals surface area contributed by atoms with Gasteiger partial charge in [0.1, 0.15) is 0 Å². The van der Waals surface area contributed by atoms with E-state index in [0.717, 1.165) is 25.1 Å². The Morgan fingerprint density at radius 3 is 2.64 bits per heavy atom. The molecule has 0 fully saturated rings. The second-order valence-electron chi connectivity index (χ2n) is 3.77. The first-order valence-electron chi connectivity index (χ1n) is 5.40. The summed E-state index contributed by atoms with van der Waals surface area (Å²) in [6, 6.07) is 2.75. The van der Waals surface area contributed by atoms with Gasteiger partial charge in [0.2, 0.25) is 0 Å². The monoisotopic (exact) mass is 195 g/mol. The minimum Gasteiger partial charge on any atom is -0.314 e. The third-order valence-electron chi connectivity index (χ3n) is 2.54. The van der Waals surface area contributed by atoms with Crippen LogP contribution in [0.1, 0.15) is 31.7 Å². The lowest BCUT2D eigenvalue weighted by atomic mass is 10.1. The molecule has 1 aromatic heterocycles. The van der Waals surface area contributed by atoms with Gasteiger partial charge in [-0.3, -0.25) is 4.68 Å². The van der Waals surface area contributed by atoms with Crippen molar-refractivity contribution in [3.63, 3.8) is 0 Å². The molecule has 1 atom stereocenters. The molecule has 3 heteroatoms. The fourth-order valence-electron chi connectivity index (χ4n) is 1.76. The van der Waals surface area contributed by atoms with E-state index in [2.05, 4.69) is 30.3 Å². The van der Waals surface area contributed by atoms with Crippen molar-refractivity contribution < 1.29 is 0 Å². The van der Waals surface area contributed by atoms with Crippen LogP contribution in [0.15, 0.2) is 6.07 Å². The topological polar surface area (TPSA) is 29.9 Å². The number of hydrogen-bond donors (Lipinski definition) is 1. The van der Waals surface area contributed by atoms with Crippen molar-refractivity contribution in [2.75, 3.05) is 6.54 Å². The van der Waals surface area contributed by atoms with Crippen LogP contribution in [0.2, 0.25) is 0 Å². The largest absolute Gasteiger partial charge is 0.314 e. The number of rotatable bonds is 5. The highest BCUT2D eigenvalue weighted by molar-refractivity contribution is 5.09. The SMILES string of the molecule is CCNC(CC)Cc1cc(C)nn1C. The van der Waals surface area contributed by atoms with Crippen LogP contribution in [0.4, 0.5) is 0 Å². The maximum Gasteiger partial charge on any atom is 0.0596 e. The number of aryl methyl sites for hydroxylation is 2. The van der Waals surface area contributed by atoms with Crippen molar-refractivity contribution in [2.45, 2.75) is 39.7 Å². The lowest BCUT2D eigenvalue weighted by molar-refractivity contribution is 0.494. The van der Waals surface area contributed by atoms with Gasteiger partial charge < -0.3 is 5.32 Å². The standard InChI is InChI=1S/C11H21N3/c1-5-10(12-6-2)8-11-7-9(3)13-14(11)4/h7,10,12H,5-6,8H2,1-4H3. The highest BCUT2D eigenvalue weighted by atomic mass is 15.3. The van der Waals surface area contributed by atoms with Crippen LogP contribution < -0.4 is 5.32 Å². The highest BCUT2D eigenvalue weighted by Crippen LogP contribution is 2.07.